The summed E-state index contributed by atoms with van der Waals surface area (Å²) in [4.78, 5) is 4.37. The molecule has 1 aromatic rings. The molecule has 3 rings (SSSR count). The molecule has 3 nitrogen and oxygen atoms in total. The number of rotatable bonds is 4. The van der Waals surface area contributed by atoms with Gasteiger partial charge in [-0.05, 0) is 65.4 Å². The van der Waals surface area contributed by atoms with Gasteiger partial charge in [0.05, 0.1) is 16.4 Å². The van der Waals surface area contributed by atoms with Gasteiger partial charge in [0.25, 0.3) is 0 Å². The molecule has 17 heavy (non-hydrogen) atoms. The molecule has 0 radical (unpaired) electrons. The summed E-state index contributed by atoms with van der Waals surface area (Å²) in [5.74, 6) is 1.91. The molecule has 1 heterocycles. The molecule has 2 aliphatic carbocycles. The third kappa shape index (κ3) is 2.03. The first-order valence-corrected chi connectivity index (χ1v) is 7.06. The third-order valence-corrected chi connectivity index (χ3v) is 5.22. The highest BCUT2D eigenvalue weighted by Gasteiger charge is 2.53. The summed E-state index contributed by atoms with van der Waals surface area (Å²) in [5.41, 5.74) is 8.23. The van der Waals surface area contributed by atoms with Gasteiger partial charge in [-0.3, -0.25) is 0 Å². The first-order valence-electron chi connectivity index (χ1n) is 6.27. The number of hydrogen-bond donors (Lipinski definition) is 2. The summed E-state index contributed by atoms with van der Waals surface area (Å²) in [6.45, 7) is 3.08. The Labute approximate surface area is 110 Å². The van der Waals surface area contributed by atoms with Gasteiger partial charge in [0.1, 0.15) is 5.82 Å². The van der Waals surface area contributed by atoms with Gasteiger partial charge in [-0.1, -0.05) is 0 Å². The van der Waals surface area contributed by atoms with Crippen molar-refractivity contribution in [2.45, 2.75) is 32.6 Å². The maximum atomic E-state index is 5.82. The fourth-order valence-corrected chi connectivity index (χ4v) is 3.03. The number of halogens is 1. The quantitative estimate of drug-likeness (QED) is 0.896. The van der Waals surface area contributed by atoms with E-state index in [-0.39, 0.29) is 0 Å². The number of nitrogens with two attached hydrogens (primary N) is 1. The standard InChI is InChI=1S/C13H18BrN3/c1-8-10(15)6-16-12(11(8)14)17-7-13(4-5-13)9-2-3-9/h6,9H,2-5,7,15H2,1H3,(H,16,17). The number of hydrogen-bond acceptors (Lipinski definition) is 3. The van der Waals surface area contributed by atoms with E-state index in [2.05, 4.69) is 26.2 Å². The van der Waals surface area contributed by atoms with Gasteiger partial charge < -0.3 is 11.1 Å². The monoisotopic (exact) mass is 295 g/mol. The van der Waals surface area contributed by atoms with Crippen LogP contribution in [0.2, 0.25) is 0 Å². The van der Waals surface area contributed by atoms with Gasteiger partial charge >= 0.3 is 0 Å². The van der Waals surface area contributed by atoms with Crippen molar-refractivity contribution in [1.82, 2.24) is 4.98 Å². The summed E-state index contributed by atoms with van der Waals surface area (Å²) in [5, 5.41) is 3.49. The molecule has 1 aromatic heterocycles. The Morgan fingerprint density at radius 2 is 2.24 bits per heavy atom. The summed E-state index contributed by atoms with van der Waals surface area (Å²) >= 11 is 3.57. The van der Waals surface area contributed by atoms with Crippen LogP contribution in [0.25, 0.3) is 0 Å². The average molecular weight is 296 g/mol. The topological polar surface area (TPSA) is 50.9 Å². The van der Waals surface area contributed by atoms with Gasteiger partial charge in [0.2, 0.25) is 0 Å². The molecule has 0 spiro atoms. The van der Waals surface area contributed by atoms with E-state index < -0.39 is 0 Å². The fraction of sp³-hybridized carbons (Fsp3) is 0.615. The molecule has 2 saturated carbocycles. The highest BCUT2D eigenvalue weighted by Crippen LogP contribution is 2.61. The van der Waals surface area contributed by atoms with Crippen molar-refractivity contribution in [3.63, 3.8) is 0 Å². The fourth-order valence-electron chi connectivity index (χ4n) is 2.56. The van der Waals surface area contributed by atoms with E-state index in [4.69, 9.17) is 5.73 Å². The van der Waals surface area contributed by atoms with E-state index in [1.165, 1.54) is 25.7 Å². The van der Waals surface area contributed by atoms with Crippen molar-refractivity contribution in [3.05, 3.63) is 16.2 Å². The predicted octanol–water partition coefficient (Wildman–Crippen LogP) is 3.34. The van der Waals surface area contributed by atoms with Crippen LogP contribution in [0, 0.1) is 18.3 Å². The Morgan fingerprint density at radius 3 is 2.82 bits per heavy atom. The number of aromatic nitrogens is 1. The van der Waals surface area contributed by atoms with Gasteiger partial charge in [-0.2, -0.15) is 0 Å². The molecule has 3 N–H and O–H groups in total. The number of pyridine rings is 1. The second-order valence-corrected chi connectivity index (χ2v) is 6.28. The lowest BCUT2D eigenvalue weighted by atomic mass is 10.0. The molecule has 0 aliphatic heterocycles. The van der Waals surface area contributed by atoms with Gasteiger partial charge in [0.15, 0.2) is 0 Å². The Morgan fingerprint density at radius 1 is 1.53 bits per heavy atom. The normalized spacial score (nSPS) is 21.3. The predicted molar refractivity (Wildman–Crippen MR) is 74.0 cm³/mol. The van der Waals surface area contributed by atoms with Crippen LogP contribution >= 0.6 is 15.9 Å². The van der Waals surface area contributed by atoms with Crippen LogP contribution in [0.15, 0.2) is 10.7 Å². The summed E-state index contributed by atoms with van der Waals surface area (Å²) in [6, 6.07) is 0. The largest absolute Gasteiger partial charge is 0.397 e. The number of nitrogen functional groups attached to an aromatic ring is 1. The Kier molecular flexibility index (Phi) is 2.58. The number of anilines is 2. The van der Waals surface area contributed by atoms with Crippen molar-refractivity contribution in [3.8, 4) is 0 Å². The lowest BCUT2D eigenvalue weighted by Gasteiger charge is -2.17. The van der Waals surface area contributed by atoms with Crippen molar-refractivity contribution < 1.29 is 0 Å². The second kappa shape index (κ2) is 3.87. The molecule has 2 fully saturated rings. The first-order chi connectivity index (χ1) is 8.12. The lowest BCUT2D eigenvalue weighted by molar-refractivity contribution is 0.466. The smallest absolute Gasteiger partial charge is 0.140 e. The zero-order valence-electron chi connectivity index (χ0n) is 10.1. The Hall–Kier alpha value is -0.770. The summed E-state index contributed by atoms with van der Waals surface area (Å²) < 4.78 is 1.00. The second-order valence-electron chi connectivity index (χ2n) is 5.49. The third-order valence-electron chi connectivity index (χ3n) is 4.25. The van der Waals surface area contributed by atoms with E-state index in [1.807, 2.05) is 6.92 Å². The molecule has 0 unspecified atom stereocenters. The number of nitrogens with one attached hydrogen (secondary N) is 1. The van der Waals surface area contributed by atoms with Crippen LogP contribution in [0.3, 0.4) is 0 Å². The molecular formula is C13H18BrN3. The van der Waals surface area contributed by atoms with Gasteiger partial charge in [-0.15, -0.1) is 0 Å². The van der Waals surface area contributed by atoms with E-state index >= 15 is 0 Å². The van der Waals surface area contributed by atoms with Crippen molar-refractivity contribution >= 4 is 27.4 Å². The molecule has 0 amide bonds. The SMILES string of the molecule is Cc1c(N)cnc(NCC2(C3CC3)CC2)c1Br. The number of nitrogens with zero attached hydrogens (tertiary/aromatic N) is 1. The minimum Gasteiger partial charge on any atom is -0.397 e. The highest BCUT2D eigenvalue weighted by atomic mass is 79.9. The van der Waals surface area contributed by atoms with Crippen LogP contribution in [-0.2, 0) is 0 Å². The molecule has 0 aromatic carbocycles. The maximum absolute atomic E-state index is 5.82. The Balaban J connectivity index is 1.71. The van der Waals surface area contributed by atoms with Crippen molar-refractivity contribution in [2.24, 2.45) is 11.3 Å². The van der Waals surface area contributed by atoms with Crippen LogP contribution in [0.5, 0.6) is 0 Å². The van der Waals surface area contributed by atoms with Crippen LogP contribution in [0.1, 0.15) is 31.2 Å². The van der Waals surface area contributed by atoms with Crippen molar-refractivity contribution in [2.75, 3.05) is 17.6 Å². The Bertz CT molecular complexity index is 450. The molecule has 92 valence electrons. The minimum absolute atomic E-state index is 0.594. The van der Waals surface area contributed by atoms with E-state index in [0.29, 0.717) is 5.41 Å². The summed E-state index contributed by atoms with van der Waals surface area (Å²) in [6.07, 6.45) is 7.36. The highest BCUT2D eigenvalue weighted by molar-refractivity contribution is 9.10. The van der Waals surface area contributed by atoms with E-state index in [0.717, 1.165) is 34.0 Å². The zero-order valence-corrected chi connectivity index (χ0v) is 11.7. The lowest BCUT2D eigenvalue weighted by Crippen LogP contribution is -2.18. The molecule has 0 saturated heterocycles. The van der Waals surface area contributed by atoms with Gasteiger partial charge in [0, 0.05) is 6.54 Å². The van der Waals surface area contributed by atoms with Crippen LogP contribution < -0.4 is 11.1 Å². The molecule has 4 heteroatoms. The first kappa shape index (κ1) is 11.3. The van der Waals surface area contributed by atoms with Crippen LogP contribution in [-0.4, -0.2) is 11.5 Å². The molecular weight excluding hydrogens is 278 g/mol. The van der Waals surface area contributed by atoms with Gasteiger partial charge in [-0.25, -0.2) is 4.98 Å². The molecule has 2 aliphatic rings. The molecule has 0 atom stereocenters. The van der Waals surface area contributed by atoms with Crippen molar-refractivity contribution in [1.29, 1.82) is 0 Å². The average Bonchev–Trinajstić information content (AvgIpc) is 3.15. The van der Waals surface area contributed by atoms with E-state index in [9.17, 15) is 0 Å². The minimum atomic E-state index is 0.594. The van der Waals surface area contributed by atoms with Crippen LogP contribution in [0.4, 0.5) is 11.5 Å². The zero-order chi connectivity index (χ0) is 12.0. The molecule has 0 bridgehead atoms. The van der Waals surface area contributed by atoms with E-state index in [1.54, 1.807) is 6.20 Å². The maximum Gasteiger partial charge on any atom is 0.140 e. The summed E-state index contributed by atoms with van der Waals surface area (Å²) in [7, 11) is 0.